The van der Waals surface area contributed by atoms with Gasteiger partial charge in [0.1, 0.15) is 11.6 Å². The second kappa shape index (κ2) is 8.83. The summed E-state index contributed by atoms with van der Waals surface area (Å²) in [4.78, 5) is 2.24. The van der Waals surface area contributed by atoms with Crippen molar-refractivity contribution in [3.63, 3.8) is 0 Å². The molecule has 2 aromatic carbocycles. The minimum atomic E-state index is -0.594. The molecule has 0 aliphatic carbocycles. The van der Waals surface area contributed by atoms with E-state index in [1.54, 1.807) is 6.07 Å². The third kappa shape index (κ3) is 4.03. The second-order valence-electron chi connectivity index (χ2n) is 7.57. The number of benzene rings is 2. The zero-order valence-electron chi connectivity index (χ0n) is 16.9. The van der Waals surface area contributed by atoms with E-state index in [1.807, 2.05) is 19.1 Å². The number of hydrogen-bond acceptors (Lipinski definition) is 4. The molecule has 1 aliphatic rings. The van der Waals surface area contributed by atoms with Crippen LogP contribution in [0.25, 0.3) is 11.1 Å². The summed E-state index contributed by atoms with van der Waals surface area (Å²) in [5.41, 5.74) is 1.97. The fourth-order valence-electron chi connectivity index (χ4n) is 4.20. The number of nitrogens with one attached hydrogen (secondary N) is 1. The number of aromatic amines is 1. The SMILES string of the molecule is CCOc1cccc(CN2CCC[C@@H](c3[nH]ncc3-c3c(F)cccc3F)C2)c1O. The molecule has 30 heavy (non-hydrogen) atoms. The van der Waals surface area contributed by atoms with Crippen LogP contribution >= 0.6 is 0 Å². The molecule has 0 bridgehead atoms. The lowest BCUT2D eigenvalue weighted by Gasteiger charge is -2.33. The Morgan fingerprint density at radius 2 is 1.97 bits per heavy atom. The lowest BCUT2D eigenvalue weighted by atomic mass is 9.90. The van der Waals surface area contributed by atoms with Crippen LogP contribution in [0.15, 0.2) is 42.6 Å². The molecule has 7 heteroatoms. The molecule has 0 saturated carbocycles. The second-order valence-corrected chi connectivity index (χ2v) is 7.57. The standard InChI is InChI=1S/C23H25F2N3O2/c1-2-30-20-10-3-6-16(23(20)29)14-28-11-5-7-15(13-28)22-17(12-26-27-22)21-18(24)8-4-9-19(21)25/h3-4,6,8-10,12,15,29H,2,5,7,11,13-14H2,1H3,(H,26,27)/t15-/m1/s1. The van der Waals surface area contributed by atoms with E-state index in [1.165, 1.54) is 24.4 Å². The Morgan fingerprint density at radius 3 is 2.73 bits per heavy atom. The smallest absolute Gasteiger partial charge is 0.162 e. The number of likely N-dealkylation sites (tertiary alicyclic amines) is 1. The van der Waals surface area contributed by atoms with E-state index in [0.717, 1.165) is 30.6 Å². The largest absolute Gasteiger partial charge is 0.504 e. The lowest BCUT2D eigenvalue weighted by molar-refractivity contribution is 0.196. The summed E-state index contributed by atoms with van der Waals surface area (Å²) in [7, 11) is 0. The van der Waals surface area contributed by atoms with Gasteiger partial charge in [0.2, 0.25) is 0 Å². The molecule has 4 rings (SSSR count). The van der Waals surface area contributed by atoms with Crippen molar-refractivity contribution >= 4 is 0 Å². The Balaban J connectivity index is 1.55. The van der Waals surface area contributed by atoms with Gasteiger partial charge < -0.3 is 9.84 Å². The maximum absolute atomic E-state index is 14.3. The average molecular weight is 413 g/mol. The van der Waals surface area contributed by atoms with Gasteiger partial charge >= 0.3 is 0 Å². The topological polar surface area (TPSA) is 61.4 Å². The van der Waals surface area contributed by atoms with Gasteiger partial charge in [0.25, 0.3) is 0 Å². The summed E-state index contributed by atoms with van der Waals surface area (Å²) >= 11 is 0. The average Bonchev–Trinajstić information content (AvgIpc) is 3.21. The first-order valence-electron chi connectivity index (χ1n) is 10.2. The molecule has 5 nitrogen and oxygen atoms in total. The van der Waals surface area contributed by atoms with Crippen molar-refractivity contribution in [2.75, 3.05) is 19.7 Å². The fourth-order valence-corrected chi connectivity index (χ4v) is 4.20. The van der Waals surface area contributed by atoms with Gasteiger partial charge in [-0.25, -0.2) is 8.78 Å². The number of halogens is 2. The molecule has 1 atom stereocenters. The molecule has 1 saturated heterocycles. The van der Waals surface area contributed by atoms with Crippen LogP contribution in [0, 0.1) is 11.6 Å². The molecule has 0 spiro atoms. The highest BCUT2D eigenvalue weighted by atomic mass is 19.1. The Bertz CT molecular complexity index is 1000. The van der Waals surface area contributed by atoms with Gasteiger partial charge in [0.15, 0.2) is 11.5 Å². The van der Waals surface area contributed by atoms with Crippen LogP contribution in [-0.2, 0) is 6.54 Å². The van der Waals surface area contributed by atoms with E-state index in [9.17, 15) is 13.9 Å². The number of phenolic OH excluding ortho intramolecular Hbond substituents is 1. The zero-order valence-corrected chi connectivity index (χ0v) is 16.9. The number of ether oxygens (including phenoxy) is 1. The molecule has 1 aromatic heterocycles. The fraction of sp³-hybridized carbons (Fsp3) is 0.348. The summed E-state index contributed by atoms with van der Waals surface area (Å²) < 4.78 is 34.2. The van der Waals surface area contributed by atoms with Gasteiger partial charge in [-0.05, 0) is 44.5 Å². The first-order chi connectivity index (χ1) is 14.6. The van der Waals surface area contributed by atoms with E-state index in [-0.39, 0.29) is 17.2 Å². The monoisotopic (exact) mass is 413 g/mol. The molecule has 3 aromatic rings. The summed E-state index contributed by atoms with van der Waals surface area (Å²) in [5.74, 6) is -0.481. The van der Waals surface area contributed by atoms with Crippen LogP contribution in [0.5, 0.6) is 11.5 Å². The third-order valence-corrected chi connectivity index (χ3v) is 5.59. The Kier molecular flexibility index (Phi) is 5.99. The molecule has 0 radical (unpaired) electrons. The van der Waals surface area contributed by atoms with Crippen LogP contribution in [0.4, 0.5) is 8.78 Å². The minimum Gasteiger partial charge on any atom is -0.504 e. The molecule has 2 N–H and O–H groups in total. The number of hydrogen-bond donors (Lipinski definition) is 2. The third-order valence-electron chi connectivity index (χ3n) is 5.59. The van der Waals surface area contributed by atoms with Crippen molar-refractivity contribution in [2.45, 2.75) is 32.2 Å². The van der Waals surface area contributed by atoms with E-state index in [0.29, 0.717) is 31.0 Å². The number of H-pyrrole nitrogens is 1. The highest BCUT2D eigenvalue weighted by Gasteiger charge is 2.27. The quantitative estimate of drug-likeness (QED) is 0.607. The van der Waals surface area contributed by atoms with Crippen molar-refractivity contribution in [3.05, 3.63) is 65.5 Å². The Labute approximate surface area is 174 Å². The van der Waals surface area contributed by atoms with Gasteiger partial charge in [0, 0.05) is 35.8 Å². The molecule has 1 fully saturated rings. The van der Waals surface area contributed by atoms with Crippen molar-refractivity contribution in [3.8, 4) is 22.6 Å². The van der Waals surface area contributed by atoms with Crippen molar-refractivity contribution < 1.29 is 18.6 Å². The molecule has 2 heterocycles. The predicted molar refractivity (Wildman–Crippen MR) is 110 cm³/mol. The highest BCUT2D eigenvalue weighted by molar-refractivity contribution is 5.67. The normalized spacial score (nSPS) is 17.2. The zero-order chi connectivity index (χ0) is 21.1. The molecule has 0 amide bonds. The van der Waals surface area contributed by atoms with Crippen LogP contribution in [0.3, 0.4) is 0 Å². The maximum atomic E-state index is 14.3. The first kappa shape index (κ1) is 20.3. The van der Waals surface area contributed by atoms with Gasteiger partial charge in [-0.15, -0.1) is 0 Å². The Morgan fingerprint density at radius 1 is 1.20 bits per heavy atom. The van der Waals surface area contributed by atoms with Crippen LogP contribution in [-0.4, -0.2) is 39.9 Å². The first-order valence-corrected chi connectivity index (χ1v) is 10.2. The molecule has 1 aliphatic heterocycles. The number of nitrogens with zero attached hydrogens (tertiary/aromatic N) is 2. The van der Waals surface area contributed by atoms with Crippen LogP contribution in [0.2, 0.25) is 0 Å². The van der Waals surface area contributed by atoms with Crippen LogP contribution in [0.1, 0.15) is 36.9 Å². The van der Waals surface area contributed by atoms with Crippen molar-refractivity contribution in [2.24, 2.45) is 0 Å². The molecule has 158 valence electrons. The van der Waals surface area contributed by atoms with Gasteiger partial charge in [0.05, 0.1) is 18.4 Å². The summed E-state index contributed by atoms with van der Waals surface area (Å²) in [6.45, 7) is 4.51. The van der Waals surface area contributed by atoms with Crippen LogP contribution < -0.4 is 4.74 Å². The van der Waals surface area contributed by atoms with E-state index in [2.05, 4.69) is 15.1 Å². The predicted octanol–water partition coefficient (Wildman–Crippen LogP) is 4.84. The number of piperidine rings is 1. The molecular formula is C23H25F2N3O2. The van der Waals surface area contributed by atoms with Gasteiger partial charge in [-0.2, -0.15) is 5.10 Å². The number of aromatic hydroxyl groups is 1. The minimum absolute atomic E-state index is 0.0413. The van der Waals surface area contributed by atoms with E-state index >= 15 is 0 Å². The maximum Gasteiger partial charge on any atom is 0.162 e. The van der Waals surface area contributed by atoms with Gasteiger partial charge in [-0.1, -0.05) is 18.2 Å². The summed E-state index contributed by atoms with van der Waals surface area (Å²) in [5, 5.41) is 17.6. The highest BCUT2D eigenvalue weighted by Crippen LogP contribution is 2.37. The van der Waals surface area contributed by atoms with E-state index in [4.69, 9.17) is 4.74 Å². The summed E-state index contributed by atoms with van der Waals surface area (Å²) in [6, 6.07) is 9.39. The van der Waals surface area contributed by atoms with Gasteiger partial charge in [-0.3, -0.25) is 10.00 Å². The number of phenols is 1. The molecule has 0 unspecified atom stereocenters. The van der Waals surface area contributed by atoms with Crippen molar-refractivity contribution in [1.82, 2.24) is 15.1 Å². The Hall–Kier alpha value is -2.93. The number of aromatic nitrogens is 2. The summed E-state index contributed by atoms with van der Waals surface area (Å²) in [6.07, 6.45) is 3.33. The van der Waals surface area contributed by atoms with E-state index < -0.39 is 11.6 Å². The molecular weight excluding hydrogens is 388 g/mol. The number of para-hydroxylation sites is 1. The lowest BCUT2D eigenvalue weighted by Crippen LogP contribution is -2.34. The van der Waals surface area contributed by atoms with Crippen molar-refractivity contribution in [1.29, 1.82) is 0 Å². The number of rotatable bonds is 6.